The summed E-state index contributed by atoms with van der Waals surface area (Å²) in [7, 11) is 1.24. The molecule has 0 radical (unpaired) electrons. The van der Waals surface area contributed by atoms with Crippen molar-refractivity contribution < 1.29 is 13.9 Å². The summed E-state index contributed by atoms with van der Waals surface area (Å²) in [4.78, 5) is 11.3. The molecule has 1 N–H and O–H groups in total. The van der Waals surface area contributed by atoms with Crippen LogP contribution in [0.4, 0.5) is 4.39 Å². The third-order valence-corrected chi connectivity index (χ3v) is 3.67. The lowest BCUT2D eigenvalue weighted by Crippen LogP contribution is -2.17. The van der Waals surface area contributed by atoms with Crippen molar-refractivity contribution in [2.45, 2.75) is 13.0 Å². The van der Waals surface area contributed by atoms with Gasteiger partial charge in [-0.25, -0.2) is 9.18 Å². The molecule has 0 spiro atoms. The van der Waals surface area contributed by atoms with Crippen LogP contribution < -0.4 is 5.32 Å². The van der Waals surface area contributed by atoms with Crippen molar-refractivity contribution in [3.8, 4) is 0 Å². The Labute approximate surface area is 121 Å². The number of hydrogen-bond acceptors (Lipinski definition) is 4. The van der Waals surface area contributed by atoms with Crippen LogP contribution in [-0.4, -0.2) is 19.6 Å². The molecule has 3 nitrogen and oxygen atoms in total. The second-order valence-corrected chi connectivity index (χ2v) is 5.14. The molecule has 1 aromatic heterocycles. The summed E-state index contributed by atoms with van der Waals surface area (Å²) in [6.07, 6.45) is 0.951. The second kappa shape index (κ2) is 7.17. The minimum absolute atomic E-state index is 0.0328. The van der Waals surface area contributed by atoms with Crippen molar-refractivity contribution in [1.82, 2.24) is 5.32 Å². The average Bonchev–Trinajstić information content (AvgIpc) is 2.96. The lowest BCUT2D eigenvalue weighted by Gasteiger charge is -2.06. The van der Waals surface area contributed by atoms with E-state index >= 15 is 0 Å². The van der Waals surface area contributed by atoms with Crippen LogP contribution in [0.5, 0.6) is 0 Å². The second-order valence-electron chi connectivity index (χ2n) is 4.36. The first-order chi connectivity index (χ1) is 9.70. The van der Waals surface area contributed by atoms with Gasteiger partial charge in [-0.15, -0.1) is 0 Å². The number of benzene rings is 1. The molecule has 0 saturated carbocycles. The van der Waals surface area contributed by atoms with E-state index in [2.05, 4.69) is 26.9 Å². The maximum absolute atomic E-state index is 13.7. The van der Waals surface area contributed by atoms with Gasteiger partial charge < -0.3 is 10.1 Å². The number of methoxy groups -OCH3 is 1. The molecule has 0 fully saturated rings. The van der Waals surface area contributed by atoms with Gasteiger partial charge in [0.15, 0.2) is 0 Å². The van der Waals surface area contributed by atoms with Gasteiger partial charge in [-0.3, -0.25) is 0 Å². The highest BCUT2D eigenvalue weighted by atomic mass is 32.1. The number of carbonyl (C=O) groups is 1. The Hall–Kier alpha value is -1.72. The highest BCUT2D eigenvalue weighted by Gasteiger charge is 2.11. The maximum Gasteiger partial charge on any atom is 0.340 e. The van der Waals surface area contributed by atoms with E-state index in [1.54, 1.807) is 17.4 Å². The van der Waals surface area contributed by atoms with Gasteiger partial charge in [0, 0.05) is 6.54 Å². The number of rotatable bonds is 6. The number of esters is 1. The number of thiophene rings is 1. The normalized spacial score (nSPS) is 10.5. The van der Waals surface area contributed by atoms with Crippen LogP contribution in [0.1, 0.15) is 21.5 Å². The van der Waals surface area contributed by atoms with E-state index in [0.29, 0.717) is 6.54 Å². The third kappa shape index (κ3) is 3.88. The van der Waals surface area contributed by atoms with Gasteiger partial charge in [-0.1, -0.05) is 6.07 Å². The van der Waals surface area contributed by atoms with Crippen molar-refractivity contribution in [3.63, 3.8) is 0 Å². The predicted molar refractivity (Wildman–Crippen MR) is 77.5 cm³/mol. The Bertz CT molecular complexity index is 569. The summed E-state index contributed by atoms with van der Waals surface area (Å²) in [5.74, 6) is -1.20. The molecular weight excluding hydrogens is 277 g/mol. The molecule has 2 rings (SSSR count). The van der Waals surface area contributed by atoms with Gasteiger partial charge in [0.25, 0.3) is 0 Å². The van der Waals surface area contributed by atoms with Crippen LogP contribution in [-0.2, 0) is 17.7 Å². The van der Waals surface area contributed by atoms with Crippen molar-refractivity contribution in [3.05, 3.63) is 57.5 Å². The zero-order valence-electron chi connectivity index (χ0n) is 11.2. The largest absolute Gasteiger partial charge is 0.465 e. The zero-order valence-corrected chi connectivity index (χ0v) is 12.0. The standard InChI is InChI=1S/C15H16FNO2S/c1-19-15(18)13-3-2-12(8-14(13)16)9-17-6-4-11-5-7-20-10-11/h2-3,5,7-8,10,17H,4,6,9H2,1H3. The first-order valence-corrected chi connectivity index (χ1v) is 7.23. The molecule has 1 heterocycles. The highest BCUT2D eigenvalue weighted by molar-refractivity contribution is 7.07. The number of halogens is 1. The number of hydrogen-bond donors (Lipinski definition) is 1. The fourth-order valence-electron chi connectivity index (χ4n) is 1.84. The molecule has 0 unspecified atom stereocenters. The van der Waals surface area contributed by atoms with Crippen molar-refractivity contribution in [1.29, 1.82) is 0 Å². The SMILES string of the molecule is COC(=O)c1ccc(CNCCc2ccsc2)cc1F. The Morgan fingerprint density at radius 2 is 2.20 bits per heavy atom. The molecule has 5 heteroatoms. The summed E-state index contributed by atoms with van der Waals surface area (Å²) in [5.41, 5.74) is 2.07. The number of ether oxygens (including phenoxy) is 1. The van der Waals surface area contributed by atoms with Crippen LogP contribution >= 0.6 is 11.3 Å². The summed E-state index contributed by atoms with van der Waals surface area (Å²) < 4.78 is 18.2. The molecule has 0 saturated heterocycles. The Morgan fingerprint density at radius 3 is 2.85 bits per heavy atom. The molecule has 0 aliphatic heterocycles. The van der Waals surface area contributed by atoms with E-state index in [1.165, 1.54) is 24.8 Å². The third-order valence-electron chi connectivity index (χ3n) is 2.94. The average molecular weight is 293 g/mol. The fourth-order valence-corrected chi connectivity index (χ4v) is 2.55. The lowest BCUT2D eigenvalue weighted by molar-refractivity contribution is 0.0595. The smallest absolute Gasteiger partial charge is 0.340 e. The molecule has 0 aliphatic carbocycles. The number of carbonyl (C=O) groups excluding carboxylic acids is 1. The Kier molecular flexibility index (Phi) is 5.26. The number of nitrogens with one attached hydrogen (secondary N) is 1. The van der Waals surface area contributed by atoms with Crippen LogP contribution in [0.25, 0.3) is 0 Å². The fraction of sp³-hybridized carbons (Fsp3) is 0.267. The van der Waals surface area contributed by atoms with E-state index < -0.39 is 11.8 Å². The Balaban J connectivity index is 1.84. The topological polar surface area (TPSA) is 38.3 Å². The predicted octanol–water partition coefficient (Wildman–Crippen LogP) is 3.01. The first-order valence-electron chi connectivity index (χ1n) is 6.29. The van der Waals surface area contributed by atoms with E-state index in [4.69, 9.17) is 0 Å². The quantitative estimate of drug-likeness (QED) is 0.657. The summed E-state index contributed by atoms with van der Waals surface area (Å²) in [6.45, 7) is 1.40. The molecule has 0 bridgehead atoms. The molecule has 0 atom stereocenters. The van der Waals surface area contributed by atoms with Crippen LogP contribution in [0.15, 0.2) is 35.0 Å². The van der Waals surface area contributed by atoms with E-state index in [1.807, 2.05) is 0 Å². The molecular formula is C15H16FNO2S. The highest BCUT2D eigenvalue weighted by Crippen LogP contribution is 2.12. The van der Waals surface area contributed by atoms with Gasteiger partial charge in [-0.2, -0.15) is 11.3 Å². The summed E-state index contributed by atoms with van der Waals surface area (Å²) in [5, 5.41) is 7.42. The molecule has 0 amide bonds. The summed E-state index contributed by atoms with van der Waals surface area (Å²) >= 11 is 1.68. The van der Waals surface area contributed by atoms with Gasteiger partial charge in [0.1, 0.15) is 5.82 Å². The van der Waals surface area contributed by atoms with E-state index in [9.17, 15) is 9.18 Å². The monoisotopic (exact) mass is 293 g/mol. The van der Waals surface area contributed by atoms with Crippen LogP contribution in [0, 0.1) is 5.82 Å². The minimum atomic E-state index is -0.653. The zero-order chi connectivity index (χ0) is 14.4. The molecule has 20 heavy (non-hydrogen) atoms. The van der Waals surface area contributed by atoms with E-state index in [0.717, 1.165) is 18.5 Å². The Morgan fingerprint density at radius 1 is 1.35 bits per heavy atom. The molecule has 1 aromatic carbocycles. The molecule has 106 valence electrons. The van der Waals surface area contributed by atoms with Crippen molar-refractivity contribution >= 4 is 17.3 Å². The van der Waals surface area contributed by atoms with Crippen LogP contribution in [0.2, 0.25) is 0 Å². The van der Waals surface area contributed by atoms with Gasteiger partial charge in [0.05, 0.1) is 12.7 Å². The lowest BCUT2D eigenvalue weighted by atomic mass is 10.1. The van der Waals surface area contributed by atoms with Gasteiger partial charge in [0.2, 0.25) is 0 Å². The maximum atomic E-state index is 13.7. The first kappa shape index (κ1) is 14.7. The molecule has 2 aromatic rings. The summed E-state index contributed by atoms with van der Waals surface area (Å²) in [6, 6.07) is 6.64. The van der Waals surface area contributed by atoms with Crippen LogP contribution in [0.3, 0.4) is 0 Å². The minimum Gasteiger partial charge on any atom is -0.465 e. The molecule has 0 aliphatic rings. The van der Waals surface area contributed by atoms with E-state index in [-0.39, 0.29) is 5.56 Å². The van der Waals surface area contributed by atoms with Gasteiger partial charge in [-0.05, 0) is 53.1 Å². The van der Waals surface area contributed by atoms with Gasteiger partial charge >= 0.3 is 5.97 Å². The van der Waals surface area contributed by atoms with Crippen molar-refractivity contribution in [2.75, 3.05) is 13.7 Å². The van der Waals surface area contributed by atoms with Crippen molar-refractivity contribution in [2.24, 2.45) is 0 Å².